The molecule has 1 N–H and O–H groups in total. The Morgan fingerprint density at radius 3 is 1.80 bits per heavy atom. The van der Waals surface area contributed by atoms with Gasteiger partial charge < -0.3 is 4.57 Å². The summed E-state index contributed by atoms with van der Waals surface area (Å²) < 4.78 is 19.5. The van der Waals surface area contributed by atoms with E-state index >= 15 is 0 Å². The fourth-order valence-corrected chi connectivity index (χ4v) is 3.01. The Balaban J connectivity index is 0.000000236. The number of hydrogen-bond acceptors (Lipinski definition) is 2. The van der Waals surface area contributed by atoms with E-state index in [2.05, 4.69) is 0 Å². The lowest BCUT2D eigenvalue weighted by molar-refractivity contribution is 0.524. The number of hydrogen-bond donors (Lipinski definition) is 1. The van der Waals surface area contributed by atoms with Crippen molar-refractivity contribution >= 4 is 15.8 Å². The summed E-state index contributed by atoms with van der Waals surface area (Å²) in [5.41, 5.74) is 0. The van der Waals surface area contributed by atoms with E-state index in [0.717, 1.165) is 12.3 Å². The first-order chi connectivity index (χ1) is 4.62. The van der Waals surface area contributed by atoms with Gasteiger partial charge in [0.05, 0.1) is 7.14 Å². The maximum atomic E-state index is 11.0. The maximum Gasteiger partial charge on any atom is 0.491 e. The first-order valence-corrected chi connectivity index (χ1v) is 6.57. The Morgan fingerprint density at radius 1 is 1.40 bits per heavy atom. The molecule has 1 rings (SSSR count). The van der Waals surface area contributed by atoms with E-state index in [1.807, 2.05) is 6.66 Å². The predicted octanol–water partition coefficient (Wildman–Crippen LogP) is 1.69. The van der Waals surface area contributed by atoms with Gasteiger partial charge in [0.25, 0.3) is 0 Å². The molecule has 1 unspecified atom stereocenters. The van der Waals surface area contributed by atoms with Crippen LogP contribution in [0.1, 0.15) is 12.8 Å². The first kappa shape index (κ1) is 10.3. The Kier molecular flexibility index (Phi) is 5.15. The lowest BCUT2D eigenvalue weighted by Gasteiger charge is -1.96. The standard InChI is InChI=1S/C5H11OP.HO2P/c1-7(6)4-2-3-5-7;1-3-2/h2-5H2,1H3;3H/p+1. The molecule has 1 fully saturated rings. The summed E-state index contributed by atoms with van der Waals surface area (Å²) in [6.45, 7) is 1.92. The van der Waals surface area contributed by atoms with Crippen molar-refractivity contribution in [3.63, 3.8) is 0 Å². The molecule has 0 aliphatic carbocycles. The lowest BCUT2D eigenvalue weighted by Crippen LogP contribution is -1.75. The summed E-state index contributed by atoms with van der Waals surface area (Å²) in [6.07, 6.45) is 4.42. The summed E-state index contributed by atoms with van der Waals surface area (Å²) in [5, 5.41) is 0. The maximum absolute atomic E-state index is 11.0. The van der Waals surface area contributed by atoms with Gasteiger partial charge in [-0.15, -0.1) is 0 Å². The Morgan fingerprint density at radius 2 is 1.70 bits per heavy atom. The van der Waals surface area contributed by atoms with Gasteiger partial charge in [-0.1, -0.05) is 0 Å². The highest BCUT2D eigenvalue weighted by Crippen LogP contribution is 2.47. The fourth-order valence-electron chi connectivity index (χ4n) is 1.00. The SMILES string of the molecule is CP1(=O)CCCC1.O=[PH+]O. The monoisotopic (exact) mass is 183 g/mol. The van der Waals surface area contributed by atoms with E-state index in [-0.39, 0.29) is 0 Å². The Bertz CT molecular complexity index is 136. The van der Waals surface area contributed by atoms with Crippen LogP contribution in [0.5, 0.6) is 0 Å². The largest absolute Gasteiger partial charge is 0.491 e. The highest BCUT2D eigenvalue weighted by molar-refractivity contribution is 7.63. The molecule has 0 bridgehead atoms. The minimum absolute atomic E-state index is 1.01. The molecule has 0 saturated carbocycles. The van der Waals surface area contributed by atoms with Crippen molar-refractivity contribution in [2.45, 2.75) is 12.8 Å². The zero-order chi connectivity index (χ0) is 8.04. The molecule has 1 atom stereocenters. The molecule has 1 heterocycles. The van der Waals surface area contributed by atoms with Crippen LogP contribution >= 0.6 is 15.8 Å². The molecule has 3 nitrogen and oxygen atoms in total. The highest BCUT2D eigenvalue weighted by atomic mass is 31.2. The molecular formula is C5H13O3P2+. The van der Waals surface area contributed by atoms with Gasteiger partial charge in [0, 0.05) is 12.3 Å². The third-order valence-corrected chi connectivity index (χ3v) is 4.04. The van der Waals surface area contributed by atoms with Crippen LogP contribution in [-0.4, -0.2) is 23.9 Å². The van der Waals surface area contributed by atoms with Crippen LogP contribution in [0.25, 0.3) is 0 Å². The molecule has 0 aromatic carbocycles. The first-order valence-electron chi connectivity index (χ1n) is 3.19. The van der Waals surface area contributed by atoms with Crippen LogP contribution in [0.3, 0.4) is 0 Å². The Hall–Kier alpha value is 0.290. The van der Waals surface area contributed by atoms with Crippen LogP contribution < -0.4 is 0 Å². The van der Waals surface area contributed by atoms with Crippen molar-refractivity contribution in [2.24, 2.45) is 0 Å². The third kappa shape index (κ3) is 5.10. The molecular weight excluding hydrogens is 170 g/mol. The van der Waals surface area contributed by atoms with E-state index in [1.165, 1.54) is 12.8 Å². The van der Waals surface area contributed by atoms with E-state index in [1.54, 1.807) is 0 Å². The van der Waals surface area contributed by atoms with Gasteiger partial charge >= 0.3 is 8.69 Å². The van der Waals surface area contributed by atoms with Crippen molar-refractivity contribution in [2.75, 3.05) is 19.0 Å². The molecule has 0 aromatic heterocycles. The zero-order valence-corrected chi connectivity index (χ0v) is 7.93. The summed E-state index contributed by atoms with van der Waals surface area (Å²) in [5.74, 6) is 0. The summed E-state index contributed by atoms with van der Waals surface area (Å²) in [7, 11) is -2.71. The van der Waals surface area contributed by atoms with Crippen molar-refractivity contribution in [1.82, 2.24) is 0 Å². The second kappa shape index (κ2) is 5.01. The van der Waals surface area contributed by atoms with Crippen LogP contribution in [-0.2, 0) is 9.13 Å². The topological polar surface area (TPSA) is 54.4 Å². The van der Waals surface area contributed by atoms with Crippen molar-refractivity contribution in [3.05, 3.63) is 0 Å². The van der Waals surface area contributed by atoms with Gasteiger partial charge in [-0.2, -0.15) is 4.89 Å². The molecule has 5 heteroatoms. The summed E-state index contributed by atoms with van der Waals surface area (Å²) in [4.78, 5) is 7.04. The number of rotatable bonds is 0. The molecule has 0 spiro atoms. The molecule has 0 aromatic rings. The molecule has 0 amide bonds. The average Bonchev–Trinajstić information content (AvgIpc) is 2.16. The smallest absolute Gasteiger partial charge is 0.324 e. The quantitative estimate of drug-likeness (QED) is 0.581. The van der Waals surface area contributed by atoms with Gasteiger partial charge in [-0.05, 0) is 24.1 Å². The molecule has 0 radical (unpaired) electrons. The van der Waals surface area contributed by atoms with E-state index < -0.39 is 15.8 Å². The van der Waals surface area contributed by atoms with E-state index in [0.29, 0.717) is 0 Å². The highest BCUT2D eigenvalue weighted by Gasteiger charge is 2.19. The molecule has 1 aliphatic heterocycles. The summed E-state index contributed by atoms with van der Waals surface area (Å²) in [6, 6.07) is 0. The molecule has 60 valence electrons. The van der Waals surface area contributed by atoms with Gasteiger partial charge in [0.15, 0.2) is 0 Å². The van der Waals surface area contributed by atoms with Gasteiger partial charge in [0.1, 0.15) is 0 Å². The van der Waals surface area contributed by atoms with Crippen molar-refractivity contribution < 1.29 is 14.0 Å². The van der Waals surface area contributed by atoms with Crippen LogP contribution in [0.2, 0.25) is 0 Å². The van der Waals surface area contributed by atoms with Crippen LogP contribution in [0.15, 0.2) is 0 Å². The van der Waals surface area contributed by atoms with Crippen LogP contribution in [0.4, 0.5) is 0 Å². The minimum Gasteiger partial charge on any atom is -0.324 e. The van der Waals surface area contributed by atoms with Crippen LogP contribution in [0, 0.1) is 0 Å². The molecule has 1 aliphatic rings. The Labute approximate surface area is 62.5 Å². The predicted molar refractivity (Wildman–Crippen MR) is 43.7 cm³/mol. The second-order valence-electron chi connectivity index (χ2n) is 2.54. The minimum atomic E-state index is -1.54. The zero-order valence-electron chi connectivity index (χ0n) is 6.04. The van der Waals surface area contributed by atoms with E-state index in [4.69, 9.17) is 9.46 Å². The van der Waals surface area contributed by atoms with E-state index in [9.17, 15) is 4.57 Å². The van der Waals surface area contributed by atoms with Gasteiger partial charge in [-0.25, -0.2) is 0 Å². The van der Waals surface area contributed by atoms with Gasteiger partial charge in [-0.3, -0.25) is 0 Å². The fraction of sp³-hybridized carbons (Fsp3) is 1.00. The normalized spacial score (nSPS) is 21.8. The van der Waals surface area contributed by atoms with Gasteiger partial charge in [0.2, 0.25) is 0 Å². The summed E-state index contributed by atoms with van der Waals surface area (Å²) >= 11 is 0. The second-order valence-corrected chi connectivity index (χ2v) is 6.21. The lowest BCUT2D eigenvalue weighted by atomic mass is 10.4. The molecule has 1 saturated heterocycles. The third-order valence-electron chi connectivity index (χ3n) is 1.51. The average molecular weight is 183 g/mol. The van der Waals surface area contributed by atoms with Crippen molar-refractivity contribution in [1.29, 1.82) is 0 Å². The van der Waals surface area contributed by atoms with Crippen molar-refractivity contribution in [3.8, 4) is 0 Å². The molecule has 10 heavy (non-hydrogen) atoms.